The summed E-state index contributed by atoms with van der Waals surface area (Å²) in [6.07, 6.45) is 11.8. The van der Waals surface area contributed by atoms with Crippen molar-refractivity contribution < 1.29 is 50.1 Å². The van der Waals surface area contributed by atoms with Crippen molar-refractivity contribution in [2.45, 2.75) is 127 Å². The number of nitrogens with two attached hydrogens (primary N) is 1. The van der Waals surface area contributed by atoms with E-state index in [9.17, 15) is 24.6 Å². The van der Waals surface area contributed by atoms with E-state index in [1.807, 2.05) is 0 Å². The molecular weight excluding hydrogens is 462 g/mol. The molecule has 0 fully saturated rings. The fraction of sp³-hybridized carbons (Fsp3) is 0.875. The molecular formula is C24H47NO10. The highest BCUT2D eigenvalue weighted by atomic mass is 16.4. The smallest absolute Gasteiger partial charge is 0.336 e. The van der Waals surface area contributed by atoms with E-state index < -0.39 is 54.6 Å². The van der Waals surface area contributed by atoms with Crippen LogP contribution in [0.1, 0.15) is 103 Å². The molecule has 0 aliphatic carbocycles. The summed E-state index contributed by atoms with van der Waals surface area (Å²) < 4.78 is 0. The Morgan fingerprint density at radius 2 is 1.11 bits per heavy atom. The molecule has 0 rings (SSSR count). The summed E-state index contributed by atoms with van der Waals surface area (Å²) >= 11 is 0. The monoisotopic (exact) mass is 509 g/mol. The third-order valence-electron chi connectivity index (χ3n) is 5.68. The van der Waals surface area contributed by atoms with E-state index >= 15 is 0 Å². The molecule has 0 heterocycles. The van der Waals surface area contributed by atoms with Crippen LogP contribution in [0.2, 0.25) is 0 Å². The minimum absolute atomic E-state index is 0.295. The molecule has 35 heavy (non-hydrogen) atoms. The summed E-state index contributed by atoms with van der Waals surface area (Å²) in [5.74, 6) is -5.02. The Labute approximate surface area is 208 Å². The molecule has 0 aromatic heterocycles. The summed E-state index contributed by atoms with van der Waals surface area (Å²) in [4.78, 5) is 30.5. The van der Waals surface area contributed by atoms with Gasteiger partial charge >= 0.3 is 17.9 Å². The van der Waals surface area contributed by atoms with E-state index in [-0.39, 0.29) is 6.61 Å². The molecule has 0 aromatic rings. The average Bonchev–Trinajstić information content (AvgIpc) is 2.77. The fourth-order valence-electron chi connectivity index (χ4n) is 3.47. The molecule has 0 bridgehead atoms. The molecule has 3 atom stereocenters. The van der Waals surface area contributed by atoms with E-state index in [4.69, 9.17) is 31.3 Å². The molecule has 0 spiro atoms. The first-order valence-corrected chi connectivity index (χ1v) is 12.5. The lowest BCUT2D eigenvalue weighted by atomic mass is 9.96. The van der Waals surface area contributed by atoms with Crippen LogP contribution >= 0.6 is 0 Å². The Balaban J connectivity index is 0. The second-order valence-corrected chi connectivity index (χ2v) is 9.06. The topological polar surface area (TPSA) is 219 Å². The summed E-state index contributed by atoms with van der Waals surface area (Å²) in [7, 11) is 0. The first-order valence-electron chi connectivity index (χ1n) is 12.5. The normalized spacial score (nSPS) is 13.9. The van der Waals surface area contributed by atoms with Crippen molar-refractivity contribution in [1.29, 1.82) is 0 Å². The third kappa shape index (κ3) is 20.1. The number of aliphatic carboxylic acids is 3. The number of rotatable bonds is 21. The van der Waals surface area contributed by atoms with Gasteiger partial charge in [-0.1, -0.05) is 84.0 Å². The van der Waals surface area contributed by atoms with Crippen molar-refractivity contribution >= 4 is 17.9 Å². The Morgan fingerprint density at radius 3 is 1.43 bits per heavy atom. The van der Waals surface area contributed by atoms with Crippen LogP contribution in [0.15, 0.2) is 0 Å². The van der Waals surface area contributed by atoms with Crippen molar-refractivity contribution in [2.24, 2.45) is 5.73 Å². The van der Waals surface area contributed by atoms with Crippen LogP contribution in [-0.4, -0.2) is 84.1 Å². The zero-order valence-corrected chi connectivity index (χ0v) is 21.0. The second-order valence-electron chi connectivity index (χ2n) is 9.06. The molecule has 0 amide bonds. The first kappa shape index (κ1) is 35.4. The van der Waals surface area contributed by atoms with Gasteiger partial charge in [0.15, 0.2) is 5.60 Å². The molecule has 0 saturated heterocycles. The molecule has 11 nitrogen and oxygen atoms in total. The van der Waals surface area contributed by atoms with Crippen LogP contribution in [-0.2, 0) is 14.4 Å². The average molecular weight is 510 g/mol. The van der Waals surface area contributed by atoms with Crippen molar-refractivity contribution in [3.8, 4) is 0 Å². The standard InChI is InChI=1S/C18H39NO3.C6H8O7/c1-2-3-4-5-6-7-8-9-10-11-12-13-14-17(21)18(22)16(19)15-20;7-3(8)1-6(13,5(11)12)2-4(9)10/h16-18,20-22H,2-15,19H2,1H3;13H,1-2H2,(H,7,8)(H,9,10)(H,11,12)/t16-,17+,18-;/m0./s1. The third-order valence-corrected chi connectivity index (χ3v) is 5.68. The van der Waals surface area contributed by atoms with E-state index in [1.165, 1.54) is 64.2 Å². The maximum Gasteiger partial charge on any atom is 0.336 e. The highest BCUT2D eigenvalue weighted by Gasteiger charge is 2.40. The minimum Gasteiger partial charge on any atom is -0.481 e. The highest BCUT2D eigenvalue weighted by Crippen LogP contribution is 2.16. The van der Waals surface area contributed by atoms with E-state index in [1.54, 1.807) is 0 Å². The summed E-state index contributed by atoms with van der Waals surface area (Å²) in [5.41, 5.74) is 2.76. The van der Waals surface area contributed by atoms with Gasteiger partial charge in [-0.05, 0) is 6.42 Å². The highest BCUT2D eigenvalue weighted by molar-refractivity contribution is 5.88. The predicted molar refractivity (Wildman–Crippen MR) is 130 cm³/mol. The molecule has 0 aliphatic heterocycles. The maximum atomic E-state index is 10.3. The number of hydrogen-bond acceptors (Lipinski definition) is 8. The van der Waals surface area contributed by atoms with Gasteiger partial charge in [0, 0.05) is 0 Å². The Morgan fingerprint density at radius 1 is 0.743 bits per heavy atom. The van der Waals surface area contributed by atoms with Gasteiger partial charge in [0.1, 0.15) is 0 Å². The summed E-state index contributed by atoms with van der Waals surface area (Å²) in [5, 5.41) is 62.0. The number of carboxylic acids is 3. The largest absolute Gasteiger partial charge is 0.481 e. The molecule has 0 radical (unpaired) electrons. The fourth-order valence-corrected chi connectivity index (χ4v) is 3.47. The Kier molecular flexibility index (Phi) is 21.7. The molecule has 0 aromatic carbocycles. The number of unbranched alkanes of at least 4 members (excludes halogenated alkanes) is 11. The molecule has 0 saturated carbocycles. The van der Waals surface area contributed by atoms with Crippen molar-refractivity contribution in [3.05, 3.63) is 0 Å². The van der Waals surface area contributed by atoms with Crippen molar-refractivity contribution in [1.82, 2.24) is 0 Å². The summed E-state index contributed by atoms with van der Waals surface area (Å²) in [6.45, 7) is 1.96. The SMILES string of the molecule is CCCCCCCCCCCCCC[C@@H](O)[C@@H](O)[C@@H](N)CO.O=C(O)CC(O)(CC(=O)O)C(=O)O. The molecule has 9 N–H and O–H groups in total. The maximum absolute atomic E-state index is 10.3. The lowest BCUT2D eigenvalue weighted by Gasteiger charge is -2.22. The zero-order chi connectivity index (χ0) is 27.3. The lowest BCUT2D eigenvalue weighted by Crippen LogP contribution is -2.45. The van der Waals surface area contributed by atoms with Gasteiger partial charge < -0.3 is 41.5 Å². The van der Waals surface area contributed by atoms with Gasteiger partial charge in [-0.3, -0.25) is 9.59 Å². The van der Waals surface area contributed by atoms with E-state index in [2.05, 4.69) is 6.92 Å². The Hall–Kier alpha value is -1.79. The number of carbonyl (C=O) groups is 3. The van der Waals surface area contributed by atoms with Gasteiger partial charge in [0.2, 0.25) is 0 Å². The number of carboxylic acid groups (broad SMARTS) is 3. The summed E-state index contributed by atoms with van der Waals surface area (Å²) in [6, 6.07) is -0.743. The number of hydrogen-bond donors (Lipinski definition) is 8. The number of aliphatic hydroxyl groups excluding tert-OH is 3. The molecule has 208 valence electrons. The van der Waals surface area contributed by atoms with Gasteiger partial charge in [-0.2, -0.15) is 0 Å². The van der Waals surface area contributed by atoms with Crippen LogP contribution in [0.4, 0.5) is 0 Å². The Bertz CT molecular complexity index is 557. The molecule has 11 heteroatoms. The quantitative estimate of drug-likeness (QED) is 0.104. The molecule has 0 unspecified atom stereocenters. The van der Waals surface area contributed by atoms with E-state index in [0.717, 1.165) is 12.8 Å². The van der Waals surface area contributed by atoms with Crippen LogP contribution in [0.25, 0.3) is 0 Å². The van der Waals surface area contributed by atoms with Crippen LogP contribution in [0.3, 0.4) is 0 Å². The molecule has 0 aliphatic rings. The predicted octanol–water partition coefficient (Wildman–Crippen LogP) is 1.87. The minimum atomic E-state index is -2.74. The zero-order valence-electron chi connectivity index (χ0n) is 21.0. The number of aliphatic hydroxyl groups is 4. The van der Waals surface area contributed by atoms with Crippen LogP contribution in [0.5, 0.6) is 0 Å². The lowest BCUT2D eigenvalue weighted by molar-refractivity contribution is -0.170. The van der Waals surface area contributed by atoms with Crippen LogP contribution < -0.4 is 5.73 Å². The van der Waals surface area contributed by atoms with Crippen molar-refractivity contribution in [2.75, 3.05) is 6.61 Å². The van der Waals surface area contributed by atoms with Gasteiger partial charge in [-0.15, -0.1) is 0 Å². The van der Waals surface area contributed by atoms with Gasteiger partial charge in [0.25, 0.3) is 0 Å². The van der Waals surface area contributed by atoms with Crippen molar-refractivity contribution in [3.63, 3.8) is 0 Å². The van der Waals surface area contributed by atoms with Gasteiger partial charge in [-0.25, -0.2) is 4.79 Å². The van der Waals surface area contributed by atoms with E-state index in [0.29, 0.717) is 6.42 Å². The van der Waals surface area contributed by atoms with Gasteiger partial charge in [0.05, 0.1) is 37.7 Å². The second kappa shape index (κ2) is 21.5. The first-order chi connectivity index (χ1) is 16.4. The van der Waals surface area contributed by atoms with Crippen LogP contribution in [0, 0.1) is 0 Å².